The number of carbonyl (C=O) groups is 1. The Bertz CT molecular complexity index is 451. The third-order valence-corrected chi connectivity index (χ3v) is 3.84. The summed E-state index contributed by atoms with van der Waals surface area (Å²) in [4.78, 5) is 11.1. The lowest BCUT2D eigenvalue weighted by atomic mass is 10.1. The number of ether oxygens (including phenoxy) is 2. The van der Waals surface area contributed by atoms with Crippen molar-refractivity contribution >= 4 is 32.1 Å². The highest BCUT2D eigenvalue weighted by molar-refractivity contribution is 14.1. The maximum atomic E-state index is 11.1. The van der Waals surface area contributed by atoms with Crippen molar-refractivity contribution in [2.75, 3.05) is 7.11 Å². The van der Waals surface area contributed by atoms with Gasteiger partial charge in [-0.15, -0.1) is 0 Å². The van der Waals surface area contributed by atoms with Crippen molar-refractivity contribution < 1.29 is 14.3 Å². The summed E-state index contributed by atoms with van der Waals surface area (Å²) in [5.74, 6) is 0.599. The van der Waals surface area contributed by atoms with Gasteiger partial charge in [0, 0.05) is 10.5 Å². The van der Waals surface area contributed by atoms with E-state index >= 15 is 0 Å². The molecule has 3 nitrogen and oxygen atoms in total. The average molecular weight is 388 g/mol. The third kappa shape index (κ3) is 5.94. The molecule has 0 aliphatic heterocycles. The van der Waals surface area contributed by atoms with E-state index in [0.717, 1.165) is 34.2 Å². The standard InChI is InChI=1S/C16H21IO3/c1-4-5-6-15(20-12(2)18)11-16(17)13-7-9-14(19-3)10-8-13/h7-11,15H,4-6H2,1-3H3/b16-11-/t15-/m1/s1. The number of unbranched alkanes of at least 4 members (excludes halogenated alkanes) is 1. The van der Waals surface area contributed by atoms with Gasteiger partial charge in [-0.1, -0.05) is 25.5 Å². The number of carbonyl (C=O) groups excluding carboxylic acids is 1. The second-order valence-electron chi connectivity index (χ2n) is 4.53. The SMILES string of the molecule is CCCC[C@H](/C=C(\I)c1ccc(OC)cc1)OC(C)=O. The molecule has 0 aromatic heterocycles. The highest BCUT2D eigenvalue weighted by Gasteiger charge is 2.10. The minimum atomic E-state index is -0.235. The number of halogens is 1. The van der Waals surface area contributed by atoms with Gasteiger partial charge in [0.05, 0.1) is 7.11 Å². The highest BCUT2D eigenvalue weighted by Crippen LogP contribution is 2.26. The smallest absolute Gasteiger partial charge is 0.303 e. The molecule has 0 unspecified atom stereocenters. The minimum Gasteiger partial charge on any atom is -0.497 e. The normalized spacial score (nSPS) is 12.9. The second kappa shape index (κ2) is 9.00. The van der Waals surface area contributed by atoms with Crippen molar-refractivity contribution in [3.8, 4) is 5.75 Å². The van der Waals surface area contributed by atoms with E-state index in [1.54, 1.807) is 7.11 Å². The van der Waals surface area contributed by atoms with E-state index in [1.165, 1.54) is 6.92 Å². The van der Waals surface area contributed by atoms with E-state index in [2.05, 4.69) is 29.5 Å². The first-order valence-corrected chi connectivity index (χ1v) is 7.83. The number of hydrogen-bond acceptors (Lipinski definition) is 3. The summed E-state index contributed by atoms with van der Waals surface area (Å²) >= 11 is 2.27. The second-order valence-corrected chi connectivity index (χ2v) is 5.70. The number of rotatable bonds is 7. The van der Waals surface area contributed by atoms with Crippen LogP contribution in [-0.4, -0.2) is 19.2 Å². The quantitative estimate of drug-likeness (QED) is 0.506. The van der Waals surface area contributed by atoms with E-state index < -0.39 is 0 Å². The molecule has 20 heavy (non-hydrogen) atoms. The molecular formula is C16H21IO3. The molecule has 0 N–H and O–H groups in total. The zero-order chi connectivity index (χ0) is 15.0. The molecule has 0 heterocycles. The number of esters is 1. The molecule has 0 spiro atoms. The van der Waals surface area contributed by atoms with Gasteiger partial charge < -0.3 is 9.47 Å². The van der Waals surface area contributed by atoms with Crippen LogP contribution in [0.1, 0.15) is 38.7 Å². The van der Waals surface area contributed by atoms with Gasteiger partial charge in [-0.3, -0.25) is 4.79 Å². The Morgan fingerprint density at radius 1 is 1.35 bits per heavy atom. The van der Waals surface area contributed by atoms with Gasteiger partial charge >= 0.3 is 5.97 Å². The zero-order valence-corrected chi connectivity index (χ0v) is 14.3. The molecule has 0 saturated heterocycles. The van der Waals surface area contributed by atoms with Gasteiger partial charge in [-0.2, -0.15) is 0 Å². The maximum Gasteiger partial charge on any atom is 0.303 e. The summed E-state index contributed by atoms with van der Waals surface area (Å²) in [6, 6.07) is 7.85. The van der Waals surface area contributed by atoms with Crippen LogP contribution in [0.2, 0.25) is 0 Å². The van der Waals surface area contributed by atoms with Gasteiger partial charge in [0.2, 0.25) is 0 Å². The highest BCUT2D eigenvalue weighted by atomic mass is 127. The Kier molecular flexibility index (Phi) is 7.65. The molecule has 0 aliphatic rings. The molecule has 1 atom stereocenters. The molecule has 0 bridgehead atoms. The molecule has 1 aromatic carbocycles. The van der Waals surface area contributed by atoms with Crippen LogP contribution in [0.5, 0.6) is 5.75 Å². The van der Waals surface area contributed by atoms with Crippen molar-refractivity contribution in [2.24, 2.45) is 0 Å². The van der Waals surface area contributed by atoms with Crippen molar-refractivity contribution in [2.45, 2.75) is 39.2 Å². The number of methoxy groups -OCH3 is 1. The Morgan fingerprint density at radius 2 is 2.00 bits per heavy atom. The Labute approximate surface area is 134 Å². The van der Waals surface area contributed by atoms with Crippen LogP contribution in [0, 0.1) is 0 Å². The molecule has 0 radical (unpaired) electrons. The molecular weight excluding hydrogens is 367 g/mol. The summed E-state index contributed by atoms with van der Waals surface area (Å²) < 4.78 is 11.6. The Hall–Kier alpha value is -1.04. The lowest BCUT2D eigenvalue weighted by molar-refractivity contribution is -0.144. The minimum absolute atomic E-state index is 0.151. The predicted octanol–water partition coefficient (Wildman–Crippen LogP) is 4.59. The van der Waals surface area contributed by atoms with Crippen molar-refractivity contribution in [3.63, 3.8) is 0 Å². The molecule has 1 rings (SSSR count). The average Bonchev–Trinajstić information content (AvgIpc) is 2.44. The van der Waals surface area contributed by atoms with Crippen LogP contribution in [0.4, 0.5) is 0 Å². The molecule has 0 saturated carbocycles. The van der Waals surface area contributed by atoms with Crippen molar-refractivity contribution in [1.82, 2.24) is 0 Å². The van der Waals surface area contributed by atoms with Gasteiger partial charge in [0.15, 0.2) is 0 Å². The predicted molar refractivity (Wildman–Crippen MR) is 90.1 cm³/mol. The van der Waals surface area contributed by atoms with Crippen molar-refractivity contribution in [1.29, 1.82) is 0 Å². The summed E-state index contributed by atoms with van der Waals surface area (Å²) in [5.41, 5.74) is 1.10. The van der Waals surface area contributed by atoms with Crippen LogP contribution in [0.15, 0.2) is 30.3 Å². The first-order chi connectivity index (χ1) is 9.56. The molecule has 0 fully saturated rings. The maximum absolute atomic E-state index is 11.1. The van der Waals surface area contributed by atoms with Crippen LogP contribution >= 0.6 is 22.6 Å². The first kappa shape index (κ1) is 17.0. The van der Waals surface area contributed by atoms with Gasteiger partial charge in [-0.25, -0.2) is 0 Å². The molecule has 0 aliphatic carbocycles. The van der Waals surface area contributed by atoms with Crippen LogP contribution in [-0.2, 0) is 9.53 Å². The van der Waals surface area contributed by atoms with Crippen molar-refractivity contribution in [3.05, 3.63) is 35.9 Å². The van der Waals surface area contributed by atoms with E-state index in [9.17, 15) is 4.79 Å². The van der Waals surface area contributed by atoms with Crippen LogP contribution in [0.3, 0.4) is 0 Å². The molecule has 1 aromatic rings. The molecule has 110 valence electrons. The summed E-state index contributed by atoms with van der Waals surface area (Å²) in [5, 5.41) is 0. The third-order valence-electron chi connectivity index (χ3n) is 2.86. The van der Waals surface area contributed by atoms with E-state index in [0.29, 0.717) is 0 Å². The lowest BCUT2D eigenvalue weighted by Gasteiger charge is -2.14. The fourth-order valence-electron chi connectivity index (χ4n) is 1.80. The zero-order valence-electron chi connectivity index (χ0n) is 12.2. The first-order valence-electron chi connectivity index (χ1n) is 6.75. The van der Waals surface area contributed by atoms with Crippen LogP contribution in [0.25, 0.3) is 3.58 Å². The summed E-state index contributed by atoms with van der Waals surface area (Å²) in [7, 11) is 1.65. The summed E-state index contributed by atoms with van der Waals surface area (Å²) in [6.07, 6.45) is 4.85. The fourth-order valence-corrected chi connectivity index (χ4v) is 2.57. The van der Waals surface area contributed by atoms with E-state index in [4.69, 9.17) is 9.47 Å². The number of hydrogen-bond donors (Lipinski definition) is 0. The fraction of sp³-hybridized carbons (Fsp3) is 0.438. The summed E-state index contributed by atoms with van der Waals surface area (Å²) in [6.45, 7) is 3.58. The van der Waals surface area contributed by atoms with Crippen LogP contribution < -0.4 is 4.74 Å². The van der Waals surface area contributed by atoms with Gasteiger partial charge in [0.1, 0.15) is 11.9 Å². The van der Waals surface area contributed by atoms with Gasteiger partial charge in [0.25, 0.3) is 0 Å². The Balaban J connectivity index is 2.81. The lowest BCUT2D eigenvalue weighted by Crippen LogP contribution is -2.13. The molecule has 4 heteroatoms. The largest absolute Gasteiger partial charge is 0.497 e. The monoisotopic (exact) mass is 388 g/mol. The number of benzene rings is 1. The van der Waals surface area contributed by atoms with E-state index in [-0.39, 0.29) is 12.1 Å². The van der Waals surface area contributed by atoms with Gasteiger partial charge in [-0.05, 0) is 59.2 Å². The molecule has 0 amide bonds. The topological polar surface area (TPSA) is 35.5 Å². The Morgan fingerprint density at radius 3 is 2.50 bits per heavy atom. The van der Waals surface area contributed by atoms with E-state index in [1.807, 2.05) is 30.3 Å².